The Hall–Kier alpha value is -1.61. The van der Waals surface area contributed by atoms with Crippen molar-refractivity contribution in [1.82, 2.24) is 0 Å². The van der Waals surface area contributed by atoms with Gasteiger partial charge in [0.25, 0.3) is 0 Å². The lowest BCUT2D eigenvalue weighted by Crippen LogP contribution is -2.70. The fraction of sp³-hybridized carbons (Fsp3) is 0.760. The number of carbonyl (C=O) groups excluding carboxylic acids is 4. The van der Waals surface area contributed by atoms with Crippen molar-refractivity contribution in [3.8, 4) is 0 Å². The molecule has 0 aliphatic heterocycles. The van der Waals surface area contributed by atoms with Crippen molar-refractivity contribution in [2.45, 2.75) is 88.4 Å². The fourth-order valence-electron chi connectivity index (χ4n) is 7.76. The SMILES string of the molecule is CC(=O)OCC(=O)C1(OC(C)=O)CCC2C3CC(F)C4=CC(=O)CCC4(C)C3(Br)C(O)CC21C. The maximum Gasteiger partial charge on any atom is 0.303 e. The van der Waals surface area contributed by atoms with Crippen LogP contribution in [0.4, 0.5) is 4.39 Å². The first-order valence-corrected chi connectivity index (χ1v) is 12.6. The Balaban J connectivity index is 1.80. The predicted molar refractivity (Wildman–Crippen MR) is 123 cm³/mol. The Morgan fingerprint density at radius 2 is 1.85 bits per heavy atom. The molecule has 0 aromatic heterocycles. The zero-order valence-corrected chi connectivity index (χ0v) is 21.6. The molecule has 4 aliphatic rings. The molecule has 0 amide bonds. The predicted octanol–water partition coefficient (Wildman–Crippen LogP) is 3.39. The zero-order chi connectivity index (χ0) is 25.3. The van der Waals surface area contributed by atoms with E-state index in [1.54, 1.807) is 0 Å². The molecule has 9 heteroatoms. The molecule has 4 aliphatic carbocycles. The van der Waals surface area contributed by atoms with Gasteiger partial charge in [-0.3, -0.25) is 19.2 Å². The Kier molecular flexibility index (Phi) is 6.16. The highest BCUT2D eigenvalue weighted by molar-refractivity contribution is 9.10. The van der Waals surface area contributed by atoms with Gasteiger partial charge in [-0.25, -0.2) is 4.39 Å². The number of ether oxygens (including phenoxy) is 2. The van der Waals surface area contributed by atoms with Crippen LogP contribution < -0.4 is 0 Å². The summed E-state index contributed by atoms with van der Waals surface area (Å²) in [5.74, 6) is -2.51. The van der Waals surface area contributed by atoms with Gasteiger partial charge in [0.1, 0.15) is 6.17 Å². The highest BCUT2D eigenvalue weighted by atomic mass is 79.9. The number of alkyl halides is 2. The third-order valence-electron chi connectivity index (χ3n) is 9.32. The fourth-order valence-corrected chi connectivity index (χ4v) is 8.85. The molecule has 0 radical (unpaired) electrons. The molecule has 0 spiro atoms. The van der Waals surface area contributed by atoms with Gasteiger partial charge in [0.05, 0.1) is 10.4 Å². The van der Waals surface area contributed by atoms with Crippen molar-refractivity contribution in [2.75, 3.05) is 6.61 Å². The Morgan fingerprint density at radius 3 is 2.47 bits per heavy atom. The number of aliphatic hydroxyl groups excluding tert-OH is 1. The van der Waals surface area contributed by atoms with Gasteiger partial charge in [-0.1, -0.05) is 29.8 Å². The second kappa shape index (κ2) is 8.22. The van der Waals surface area contributed by atoms with E-state index in [9.17, 15) is 24.3 Å². The van der Waals surface area contributed by atoms with Crippen molar-refractivity contribution in [1.29, 1.82) is 0 Å². The molecular weight excluding hydrogens is 511 g/mol. The average Bonchev–Trinajstić information content (AvgIpc) is 3.02. The van der Waals surface area contributed by atoms with Gasteiger partial charge in [0.15, 0.2) is 18.0 Å². The smallest absolute Gasteiger partial charge is 0.303 e. The molecule has 34 heavy (non-hydrogen) atoms. The number of ketones is 2. The summed E-state index contributed by atoms with van der Waals surface area (Å²) in [6, 6.07) is 0. The van der Waals surface area contributed by atoms with Crippen LogP contribution in [0.3, 0.4) is 0 Å². The molecule has 188 valence electrons. The van der Waals surface area contributed by atoms with Crippen molar-refractivity contribution in [2.24, 2.45) is 22.7 Å². The van der Waals surface area contributed by atoms with E-state index in [0.29, 0.717) is 18.4 Å². The highest BCUT2D eigenvalue weighted by Gasteiger charge is 2.75. The monoisotopic (exact) mass is 542 g/mol. The van der Waals surface area contributed by atoms with Crippen molar-refractivity contribution in [3.63, 3.8) is 0 Å². The first-order chi connectivity index (χ1) is 15.7. The standard InChI is InChI=1S/C25H32BrFO7/c1-13(28)33-12-21(32)24(34-14(2)29)8-6-16-17-10-19(27)18-9-15(30)5-7-22(18,3)25(17,26)20(31)11-23(16,24)4/h9,16-17,19-20,31H,5-8,10-12H2,1-4H3. The maximum absolute atomic E-state index is 15.6. The van der Waals surface area contributed by atoms with E-state index in [4.69, 9.17) is 9.47 Å². The molecule has 4 rings (SSSR count). The maximum atomic E-state index is 15.6. The van der Waals surface area contributed by atoms with Crippen LogP contribution in [-0.2, 0) is 28.7 Å². The lowest BCUT2D eigenvalue weighted by Gasteiger charge is -2.65. The van der Waals surface area contributed by atoms with Crippen molar-refractivity contribution < 1.29 is 38.1 Å². The average molecular weight is 543 g/mol. The molecule has 0 saturated heterocycles. The molecular formula is C25H32BrFO7. The number of fused-ring (bicyclic) bond motifs is 5. The minimum atomic E-state index is -1.58. The Morgan fingerprint density at radius 1 is 1.18 bits per heavy atom. The molecule has 3 fully saturated rings. The quantitative estimate of drug-likeness (QED) is 0.428. The summed E-state index contributed by atoms with van der Waals surface area (Å²) in [5.41, 5.74) is -2.92. The second-order valence-electron chi connectivity index (χ2n) is 10.9. The van der Waals surface area contributed by atoms with E-state index in [2.05, 4.69) is 15.9 Å². The summed E-state index contributed by atoms with van der Waals surface area (Å²) >= 11 is 3.89. The van der Waals surface area contributed by atoms with Crippen LogP contribution in [0, 0.1) is 22.7 Å². The van der Waals surface area contributed by atoms with E-state index in [0.717, 1.165) is 0 Å². The molecule has 0 aromatic carbocycles. The number of aliphatic hydroxyl groups is 1. The number of carbonyl (C=O) groups is 4. The number of esters is 2. The molecule has 8 atom stereocenters. The van der Waals surface area contributed by atoms with Crippen LogP contribution in [0.2, 0.25) is 0 Å². The van der Waals surface area contributed by atoms with Crippen LogP contribution in [0.1, 0.15) is 66.2 Å². The second-order valence-corrected chi connectivity index (χ2v) is 12.2. The number of halogens is 2. The Labute approximate surface area is 206 Å². The van der Waals surface area contributed by atoms with Crippen molar-refractivity contribution in [3.05, 3.63) is 11.6 Å². The zero-order valence-electron chi connectivity index (χ0n) is 20.0. The van der Waals surface area contributed by atoms with Gasteiger partial charge in [0, 0.05) is 31.1 Å². The lowest BCUT2D eigenvalue weighted by atomic mass is 9.45. The third-order valence-corrected chi connectivity index (χ3v) is 11.3. The molecule has 0 bridgehead atoms. The Bertz CT molecular complexity index is 980. The van der Waals surface area contributed by atoms with E-state index < -0.39 is 57.4 Å². The van der Waals surface area contributed by atoms with Crippen LogP contribution in [-0.4, -0.2) is 57.4 Å². The molecule has 1 N–H and O–H groups in total. The third kappa shape index (κ3) is 3.29. The van der Waals surface area contributed by atoms with E-state index in [-0.39, 0.29) is 43.3 Å². The summed E-state index contributed by atoms with van der Waals surface area (Å²) < 4.78 is 25.4. The molecule has 0 heterocycles. The summed E-state index contributed by atoms with van der Waals surface area (Å²) in [5, 5.41) is 11.7. The van der Waals surface area contributed by atoms with Gasteiger partial charge in [-0.05, 0) is 55.6 Å². The lowest BCUT2D eigenvalue weighted by molar-refractivity contribution is -0.198. The van der Waals surface area contributed by atoms with E-state index in [1.165, 1.54) is 19.9 Å². The summed E-state index contributed by atoms with van der Waals surface area (Å²) in [4.78, 5) is 49.1. The number of Topliss-reactive ketones (excluding diaryl/α,β-unsaturated/α-hetero) is 1. The molecule has 8 unspecified atom stereocenters. The van der Waals surface area contributed by atoms with Gasteiger partial charge >= 0.3 is 11.9 Å². The van der Waals surface area contributed by atoms with Crippen LogP contribution in [0.15, 0.2) is 11.6 Å². The number of allylic oxidation sites excluding steroid dienone is 1. The minimum Gasteiger partial charge on any atom is -0.458 e. The molecule has 3 saturated carbocycles. The van der Waals surface area contributed by atoms with E-state index >= 15 is 4.39 Å². The summed E-state index contributed by atoms with van der Waals surface area (Å²) in [7, 11) is 0. The highest BCUT2D eigenvalue weighted by Crippen LogP contribution is 2.72. The van der Waals surface area contributed by atoms with E-state index in [1.807, 2.05) is 13.8 Å². The van der Waals surface area contributed by atoms with Gasteiger partial charge in [-0.2, -0.15) is 0 Å². The first kappa shape index (κ1) is 25.5. The topological polar surface area (TPSA) is 107 Å². The number of hydrogen-bond acceptors (Lipinski definition) is 7. The summed E-state index contributed by atoms with van der Waals surface area (Å²) in [6.45, 7) is 5.61. The van der Waals surface area contributed by atoms with Crippen molar-refractivity contribution >= 4 is 39.4 Å². The van der Waals surface area contributed by atoms with Gasteiger partial charge in [0.2, 0.25) is 5.78 Å². The van der Waals surface area contributed by atoms with Crippen LogP contribution in [0.5, 0.6) is 0 Å². The number of rotatable bonds is 4. The van der Waals surface area contributed by atoms with Crippen LogP contribution >= 0.6 is 15.9 Å². The largest absolute Gasteiger partial charge is 0.458 e. The van der Waals surface area contributed by atoms with Gasteiger partial charge < -0.3 is 14.6 Å². The normalized spacial score (nSPS) is 45.4. The van der Waals surface area contributed by atoms with Gasteiger partial charge in [-0.15, -0.1) is 0 Å². The molecule has 0 aromatic rings. The first-order valence-electron chi connectivity index (χ1n) is 11.8. The molecule has 7 nitrogen and oxygen atoms in total. The van der Waals surface area contributed by atoms with Crippen LogP contribution in [0.25, 0.3) is 0 Å². The minimum absolute atomic E-state index is 0.0888. The summed E-state index contributed by atoms with van der Waals surface area (Å²) in [6.07, 6.45) is 0.672. The number of hydrogen-bond donors (Lipinski definition) is 1.